The van der Waals surface area contributed by atoms with E-state index in [2.05, 4.69) is 5.32 Å². The molecule has 1 saturated heterocycles. The molecule has 0 amide bonds. The van der Waals surface area contributed by atoms with Crippen molar-refractivity contribution in [2.24, 2.45) is 0 Å². The molecule has 16 heavy (non-hydrogen) atoms. The minimum absolute atomic E-state index is 0.194. The predicted octanol–water partition coefficient (Wildman–Crippen LogP) is 3.22. The van der Waals surface area contributed by atoms with Crippen molar-refractivity contribution in [3.8, 4) is 0 Å². The van der Waals surface area contributed by atoms with Gasteiger partial charge in [0, 0.05) is 23.4 Å². The fourth-order valence-corrected chi connectivity index (χ4v) is 3.08. The molecule has 88 valence electrons. The van der Waals surface area contributed by atoms with E-state index in [9.17, 15) is 13.2 Å². The second-order valence-corrected chi connectivity index (χ2v) is 4.91. The summed E-state index contributed by atoms with van der Waals surface area (Å²) < 4.78 is 39.2. The van der Waals surface area contributed by atoms with Gasteiger partial charge in [0.15, 0.2) is 11.6 Å². The molecule has 0 aliphatic carbocycles. The van der Waals surface area contributed by atoms with E-state index in [1.807, 2.05) is 6.92 Å². The van der Waals surface area contributed by atoms with E-state index in [4.69, 9.17) is 0 Å². The van der Waals surface area contributed by atoms with Crippen LogP contribution in [0.3, 0.4) is 0 Å². The number of halogens is 3. The fourth-order valence-electron chi connectivity index (χ4n) is 1.68. The van der Waals surface area contributed by atoms with E-state index in [1.54, 1.807) is 0 Å². The van der Waals surface area contributed by atoms with Gasteiger partial charge in [-0.3, -0.25) is 5.32 Å². The largest absolute Gasteiger partial charge is 0.298 e. The molecule has 2 atom stereocenters. The molecule has 0 spiro atoms. The van der Waals surface area contributed by atoms with Crippen LogP contribution in [0.4, 0.5) is 13.2 Å². The fraction of sp³-hybridized carbons (Fsp3) is 0.455. The molecule has 0 saturated carbocycles. The molecule has 1 aromatic carbocycles. The zero-order chi connectivity index (χ0) is 11.7. The Labute approximate surface area is 96.4 Å². The molecular formula is C11H12F3NS. The Morgan fingerprint density at radius 1 is 1.25 bits per heavy atom. The van der Waals surface area contributed by atoms with Crippen LogP contribution in [0.15, 0.2) is 12.1 Å². The first-order valence-corrected chi connectivity index (χ1v) is 6.18. The summed E-state index contributed by atoms with van der Waals surface area (Å²) in [5.74, 6) is -1.98. The van der Waals surface area contributed by atoms with Crippen LogP contribution in [0.1, 0.15) is 24.3 Å². The molecule has 1 aromatic rings. The second-order valence-electron chi connectivity index (χ2n) is 3.77. The summed E-state index contributed by atoms with van der Waals surface area (Å²) in [5.41, 5.74) is 0.194. The molecular weight excluding hydrogens is 235 g/mol. The average Bonchev–Trinajstić information content (AvgIpc) is 2.71. The maximum atomic E-state index is 13.5. The quantitative estimate of drug-likeness (QED) is 0.805. The van der Waals surface area contributed by atoms with Crippen LogP contribution in [0.5, 0.6) is 0 Å². The Morgan fingerprint density at radius 2 is 1.94 bits per heavy atom. The lowest BCUT2D eigenvalue weighted by Gasteiger charge is -2.13. The molecule has 1 heterocycles. The van der Waals surface area contributed by atoms with Crippen molar-refractivity contribution in [1.29, 1.82) is 0 Å². The van der Waals surface area contributed by atoms with Gasteiger partial charge in [-0.25, -0.2) is 13.2 Å². The van der Waals surface area contributed by atoms with Gasteiger partial charge in [-0.1, -0.05) is 6.92 Å². The van der Waals surface area contributed by atoms with Gasteiger partial charge in [-0.2, -0.15) is 0 Å². The van der Waals surface area contributed by atoms with Gasteiger partial charge in [0.2, 0.25) is 0 Å². The topological polar surface area (TPSA) is 12.0 Å². The Morgan fingerprint density at radius 3 is 2.56 bits per heavy atom. The summed E-state index contributed by atoms with van der Waals surface area (Å²) >= 11 is 1.52. The summed E-state index contributed by atoms with van der Waals surface area (Å²) in [6.07, 6.45) is 0.939. The zero-order valence-electron chi connectivity index (χ0n) is 8.77. The average molecular weight is 247 g/mol. The van der Waals surface area contributed by atoms with Crippen LogP contribution in [0, 0.1) is 17.5 Å². The Balaban J connectivity index is 2.24. The first-order chi connectivity index (χ1) is 7.61. The van der Waals surface area contributed by atoms with Gasteiger partial charge >= 0.3 is 0 Å². The molecule has 2 unspecified atom stereocenters. The molecule has 1 fully saturated rings. The second kappa shape index (κ2) is 4.67. The van der Waals surface area contributed by atoms with Crippen LogP contribution in [-0.4, -0.2) is 11.8 Å². The summed E-state index contributed by atoms with van der Waals surface area (Å²) in [6.45, 7) is 2.03. The van der Waals surface area contributed by atoms with E-state index < -0.39 is 17.5 Å². The van der Waals surface area contributed by atoms with Gasteiger partial charge in [0.25, 0.3) is 0 Å². The molecule has 0 radical (unpaired) electrons. The van der Waals surface area contributed by atoms with Gasteiger partial charge in [-0.05, 0) is 12.5 Å². The number of rotatable bonds is 2. The number of thioether (sulfide) groups is 1. The summed E-state index contributed by atoms with van der Waals surface area (Å²) in [7, 11) is 0. The Bertz CT molecular complexity index is 397. The minimum Gasteiger partial charge on any atom is -0.298 e. The first-order valence-electron chi connectivity index (χ1n) is 5.14. The monoisotopic (exact) mass is 247 g/mol. The smallest absolute Gasteiger partial charge is 0.161 e. The zero-order valence-corrected chi connectivity index (χ0v) is 9.58. The van der Waals surface area contributed by atoms with Gasteiger partial charge in [-0.15, -0.1) is 11.8 Å². The lowest BCUT2D eigenvalue weighted by molar-refractivity contribution is 0.482. The van der Waals surface area contributed by atoms with E-state index >= 15 is 0 Å². The standard InChI is InChI=1S/C11H12F3NS/c1-2-6-5-16-11(15-6)7-3-9(13)10(14)4-8(7)12/h3-4,6,11,15H,2,5H2,1H3. The number of benzene rings is 1. The Hall–Kier alpha value is -0.680. The lowest BCUT2D eigenvalue weighted by Crippen LogP contribution is -2.25. The Kier molecular flexibility index (Phi) is 3.44. The van der Waals surface area contributed by atoms with Crippen LogP contribution in [0.25, 0.3) is 0 Å². The van der Waals surface area contributed by atoms with Gasteiger partial charge in [0.1, 0.15) is 5.82 Å². The van der Waals surface area contributed by atoms with Crippen molar-refractivity contribution in [2.45, 2.75) is 24.8 Å². The van der Waals surface area contributed by atoms with Crippen LogP contribution >= 0.6 is 11.8 Å². The third-order valence-electron chi connectivity index (χ3n) is 2.67. The first kappa shape index (κ1) is 11.8. The van der Waals surface area contributed by atoms with Crippen molar-refractivity contribution < 1.29 is 13.2 Å². The van der Waals surface area contributed by atoms with E-state index in [1.165, 1.54) is 11.8 Å². The lowest BCUT2D eigenvalue weighted by atomic mass is 10.1. The minimum atomic E-state index is -1.14. The summed E-state index contributed by atoms with van der Waals surface area (Å²) in [4.78, 5) is 0. The molecule has 1 nitrogen and oxygen atoms in total. The molecule has 1 N–H and O–H groups in total. The maximum Gasteiger partial charge on any atom is 0.161 e. The van der Waals surface area contributed by atoms with Gasteiger partial charge < -0.3 is 0 Å². The van der Waals surface area contributed by atoms with E-state index in [-0.39, 0.29) is 10.9 Å². The highest BCUT2D eigenvalue weighted by atomic mass is 32.2. The molecule has 0 aromatic heterocycles. The molecule has 0 bridgehead atoms. The highest BCUT2D eigenvalue weighted by molar-refractivity contribution is 7.99. The van der Waals surface area contributed by atoms with Crippen molar-refractivity contribution in [3.63, 3.8) is 0 Å². The number of nitrogens with one attached hydrogen (secondary N) is 1. The molecule has 5 heteroatoms. The van der Waals surface area contributed by atoms with Crippen molar-refractivity contribution in [2.75, 3.05) is 5.75 Å². The normalized spacial score (nSPS) is 25.0. The number of hydrogen-bond acceptors (Lipinski definition) is 2. The highest BCUT2D eigenvalue weighted by Gasteiger charge is 2.27. The third-order valence-corrected chi connectivity index (χ3v) is 3.98. The van der Waals surface area contributed by atoms with E-state index in [0.29, 0.717) is 12.1 Å². The molecule has 1 aliphatic rings. The van der Waals surface area contributed by atoms with Crippen molar-refractivity contribution in [1.82, 2.24) is 5.32 Å². The summed E-state index contributed by atoms with van der Waals surface area (Å²) in [6, 6.07) is 1.85. The molecule has 1 aliphatic heterocycles. The van der Waals surface area contributed by atoms with Gasteiger partial charge in [0.05, 0.1) is 5.37 Å². The maximum absolute atomic E-state index is 13.5. The van der Waals surface area contributed by atoms with Crippen LogP contribution in [0.2, 0.25) is 0 Å². The van der Waals surface area contributed by atoms with Crippen LogP contribution in [-0.2, 0) is 0 Å². The van der Waals surface area contributed by atoms with Crippen LogP contribution < -0.4 is 5.32 Å². The third kappa shape index (κ3) is 2.20. The number of hydrogen-bond donors (Lipinski definition) is 1. The van der Waals surface area contributed by atoms with Crippen molar-refractivity contribution >= 4 is 11.8 Å². The highest BCUT2D eigenvalue weighted by Crippen LogP contribution is 2.35. The molecule has 2 rings (SSSR count). The SMILES string of the molecule is CCC1CSC(c2cc(F)c(F)cc2F)N1. The van der Waals surface area contributed by atoms with E-state index in [0.717, 1.165) is 18.2 Å². The van der Waals surface area contributed by atoms with Crippen molar-refractivity contribution in [3.05, 3.63) is 35.1 Å². The summed E-state index contributed by atoms with van der Waals surface area (Å²) in [5, 5.41) is 2.90. The predicted molar refractivity (Wildman–Crippen MR) is 58.7 cm³/mol.